The fourth-order valence-electron chi connectivity index (χ4n) is 3.99. The van der Waals surface area contributed by atoms with Crippen molar-refractivity contribution in [3.8, 4) is 5.75 Å². The Morgan fingerprint density at radius 2 is 1.86 bits per heavy atom. The number of carbonyl (C=O) groups excluding carboxylic acids is 2. The molecule has 0 saturated carbocycles. The van der Waals surface area contributed by atoms with Crippen LogP contribution in [0.2, 0.25) is 0 Å². The minimum Gasteiger partial charge on any atom is -0.494 e. The molecule has 35 heavy (non-hydrogen) atoms. The van der Waals surface area contributed by atoms with Crippen LogP contribution in [0, 0.1) is 16.0 Å². The summed E-state index contributed by atoms with van der Waals surface area (Å²) in [5.74, 6) is 0.121. The van der Waals surface area contributed by atoms with Gasteiger partial charge in [-0.05, 0) is 55.2 Å². The zero-order chi connectivity index (χ0) is 24.9. The van der Waals surface area contributed by atoms with E-state index in [1.54, 1.807) is 36.4 Å². The molecule has 0 aliphatic carbocycles. The summed E-state index contributed by atoms with van der Waals surface area (Å²) in [6, 6.07) is 12.4. The highest BCUT2D eigenvalue weighted by atomic mass is 16.6. The van der Waals surface area contributed by atoms with Crippen molar-refractivity contribution in [3.05, 3.63) is 76.2 Å². The minimum absolute atomic E-state index is 0.0965. The molecular formula is C25H26N4O6. The van der Waals surface area contributed by atoms with Crippen molar-refractivity contribution in [3.63, 3.8) is 0 Å². The third-order valence-corrected chi connectivity index (χ3v) is 6.01. The van der Waals surface area contributed by atoms with Gasteiger partial charge in [-0.15, -0.1) is 0 Å². The first-order valence-electron chi connectivity index (χ1n) is 11.2. The molecule has 10 nitrogen and oxygen atoms in total. The first-order valence-corrected chi connectivity index (χ1v) is 11.2. The van der Waals surface area contributed by atoms with Gasteiger partial charge in [-0.2, -0.15) is 0 Å². The van der Waals surface area contributed by atoms with Crippen molar-refractivity contribution in [2.45, 2.75) is 19.8 Å². The number of benzene rings is 2. The number of anilines is 3. The standard InChI is InChI=1S/C25H26N4O6/c1-16-9-11-28(12-10-16)20-8-5-17(14-21(20)29(32)33)24(30)26-18-6-7-19(23(15-18)34-2)27-25(31)22-4-3-13-35-22/h3-8,13-16H,9-12H2,1-2H3,(H,26,30)(H,27,31). The highest BCUT2D eigenvalue weighted by molar-refractivity contribution is 6.06. The van der Waals surface area contributed by atoms with Gasteiger partial charge in [-0.3, -0.25) is 19.7 Å². The van der Waals surface area contributed by atoms with Crippen LogP contribution in [-0.4, -0.2) is 36.9 Å². The summed E-state index contributed by atoms with van der Waals surface area (Å²) in [6.07, 6.45) is 3.34. The van der Waals surface area contributed by atoms with Gasteiger partial charge in [0, 0.05) is 36.5 Å². The number of furan rings is 1. The lowest BCUT2D eigenvalue weighted by atomic mass is 9.98. The van der Waals surface area contributed by atoms with E-state index in [-0.39, 0.29) is 17.0 Å². The predicted molar refractivity (Wildman–Crippen MR) is 131 cm³/mol. The molecular weight excluding hydrogens is 452 g/mol. The third kappa shape index (κ3) is 5.43. The van der Waals surface area contributed by atoms with Crippen molar-refractivity contribution in [1.82, 2.24) is 0 Å². The van der Waals surface area contributed by atoms with Crippen LogP contribution in [0.3, 0.4) is 0 Å². The van der Waals surface area contributed by atoms with Gasteiger partial charge in [-0.1, -0.05) is 6.92 Å². The number of methoxy groups -OCH3 is 1. The maximum atomic E-state index is 12.9. The molecule has 2 N–H and O–H groups in total. The number of nitro groups is 1. The van der Waals surface area contributed by atoms with Crippen LogP contribution < -0.4 is 20.3 Å². The summed E-state index contributed by atoms with van der Waals surface area (Å²) in [5, 5.41) is 17.2. The number of nitrogens with one attached hydrogen (secondary N) is 2. The SMILES string of the molecule is COc1cc(NC(=O)c2ccc(N3CCC(C)CC3)c([N+](=O)[O-])c2)ccc1NC(=O)c1ccco1. The minimum atomic E-state index is -0.499. The maximum absolute atomic E-state index is 12.9. The quantitative estimate of drug-likeness (QED) is 0.364. The van der Waals surface area contributed by atoms with Gasteiger partial charge < -0.3 is 24.7 Å². The Hall–Kier alpha value is -4.34. The molecule has 1 fully saturated rings. The molecule has 3 aromatic rings. The molecule has 2 heterocycles. The van der Waals surface area contributed by atoms with Gasteiger partial charge in [0.2, 0.25) is 0 Å². The Kier molecular flexibility index (Phi) is 7.00. The smallest absolute Gasteiger partial charge is 0.293 e. The molecule has 1 saturated heterocycles. The Labute approximate surface area is 202 Å². The molecule has 1 aromatic heterocycles. The summed E-state index contributed by atoms with van der Waals surface area (Å²) < 4.78 is 10.4. The largest absolute Gasteiger partial charge is 0.494 e. The number of rotatable bonds is 7. The molecule has 10 heteroatoms. The Morgan fingerprint density at radius 3 is 2.51 bits per heavy atom. The van der Waals surface area contributed by atoms with Crippen molar-refractivity contribution in [1.29, 1.82) is 0 Å². The van der Waals surface area contributed by atoms with Gasteiger partial charge in [-0.25, -0.2) is 0 Å². The summed E-state index contributed by atoms with van der Waals surface area (Å²) >= 11 is 0. The molecule has 2 aromatic carbocycles. The number of nitro benzene ring substituents is 1. The molecule has 0 radical (unpaired) electrons. The molecule has 0 unspecified atom stereocenters. The second-order valence-electron chi connectivity index (χ2n) is 8.43. The van der Waals surface area contributed by atoms with E-state index < -0.39 is 16.7 Å². The lowest BCUT2D eigenvalue weighted by molar-refractivity contribution is -0.384. The van der Waals surface area contributed by atoms with Crippen molar-refractivity contribution in [2.24, 2.45) is 5.92 Å². The van der Waals surface area contributed by atoms with Gasteiger partial charge in [0.25, 0.3) is 17.5 Å². The molecule has 4 rings (SSSR count). The van der Waals surface area contributed by atoms with E-state index in [1.807, 2.05) is 4.90 Å². The lowest BCUT2D eigenvalue weighted by Crippen LogP contribution is -2.33. The summed E-state index contributed by atoms with van der Waals surface area (Å²) in [7, 11) is 1.44. The zero-order valence-corrected chi connectivity index (χ0v) is 19.4. The third-order valence-electron chi connectivity index (χ3n) is 6.01. The molecule has 2 amide bonds. The average molecular weight is 479 g/mol. The number of hydrogen-bond donors (Lipinski definition) is 2. The second-order valence-corrected chi connectivity index (χ2v) is 8.43. The van der Waals surface area contributed by atoms with Crippen molar-refractivity contribution < 1.29 is 23.7 Å². The summed E-state index contributed by atoms with van der Waals surface area (Å²) in [5.41, 5.74) is 1.39. The van der Waals surface area contributed by atoms with Crippen LogP contribution in [0.5, 0.6) is 5.75 Å². The van der Waals surface area contributed by atoms with Crippen LogP contribution in [0.1, 0.15) is 40.7 Å². The van der Waals surface area contributed by atoms with Gasteiger partial charge in [0.05, 0.1) is 24.0 Å². The van der Waals surface area contributed by atoms with E-state index in [0.29, 0.717) is 28.7 Å². The van der Waals surface area contributed by atoms with E-state index in [9.17, 15) is 19.7 Å². The molecule has 0 spiro atoms. The van der Waals surface area contributed by atoms with Crippen LogP contribution in [0.4, 0.5) is 22.7 Å². The molecule has 0 bridgehead atoms. The molecule has 182 valence electrons. The number of amides is 2. The Bertz CT molecular complexity index is 1230. The fourth-order valence-corrected chi connectivity index (χ4v) is 3.99. The Balaban J connectivity index is 1.50. The monoisotopic (exact) mass is 478 g/mol. The predicted octanol–water partition coefficient (Wildman–Crippen LogP) is 4.94. The average Bonchev–Trinajstić information content (AvgIpc) is 3.40. The summed E-state index contributed by atoms with van der Waals surface area (Å²) in [6.45, 7) is 3.67. The normalized spacial score (nSPS) is 13.8. The molecule has 0 atom stereocenters. The van der Waals surface area contributed by atoms with Crippen molar-refractivity contribution >= 4 is 34.6 Å². The molecule has 1 aliphatic rings. The number of ether oxygens (including phenoxy) is 1. The second kappa shape index (κ2) is 10.3. The summed E-state index contributed by atoms with van der Waals surface area (Å²) in [4.78, 5) is 38.4. The van der Waals surface area contributed by atoms with E-state index in [4.69, 9.17) is 9.15 Å². The van der Waals surface area contributed by atoms with E-state index in [2.05, 4.69) is 17.6 Å². The van der Waals surface area contributed by atoms with Crippen LogP contribution >= 0.6 is 0 Å². The highest BCUT2D eigenvalue weighted by Crippen LogP contribution is 2.33. The van der Waals surface area contributed by atoms with E-state index in [1.165, 1.54) is 25.5 Å². The number of hydrogen-bond acceptors (Lipinski definition) is 7. The lowest BCUT2D eigenvalue weighted by Gasteiger charge is -2.31. The number of nitrogens with zero attached hydrogens (tertiary/aromatic N) is 2. The van der Waals surface area contributed by atoms with E-state index in [0.717, 1.165) is 25.9 Å². The number of piperidine rings is 1. The first kappa shape index (κ1) is 23.8. The van der Waals surface area contributed by atoms with Gasteiger partial charge in [0.15, 0.2) is 5.76 Å². The maximum Gasteiger partial charge on any atom is 0.293 e. The highest BCUT2D eigenvalue weighted by Gasteiger charge is 2.25. The topological polar surface area (TPSA) is 127 Å². The first-order chi connectivity index (χ1) is 16.9. The number of carbonyl (C=O) groups is 2. The molecule has 1 aliphatic heterocycles. The van der Waals surface area contributed by atoms with E-state index >= 15 is 0 Å². The van der Waals surface area contributed by atoms with Gasteiger partial charge in [0.1, 0.15) is 11.4 Å². The van der Waals surface area contributed by atoms with Crippen LogP contribution in [-0.2, 0) is 0 Å². The van der Waals surface area contributed by atoms with Crippen LogP contribution in [0.15, 0.2) is 59.2 Å². The van der Waals surface area contributed by atoms with Crippen molar-refractivity contribution in [2.75, 3.05) is 35.7 Å². The Morgan fingerprint density at radius 1 is 1.09 bits per heavy atom. The van der Waals surface area contributed by atoms with Gasteiger partial charge >= 0.3 is 0 Å². The zero-order valence-electron chi connectivity index (χ0n) is 19.4. The van der Waals surface area contributed by atoms with Crippen LogP contribution in [0.25, 0.3) is 0 Å². The fraction of sp³-hybridized carbons (Fsp3) is 0.280.